The molecule has 0 bridgehead atoms. The Balaban J connectivity index is 1.47. The van der Waals surface area contributed by atoms with Crippen molar-refractivity contribution >= 4 is 7.32 Å². The van der Waals surface area contributed by atoms with Gasteiger partial charge in [0, 0.05) is 53.9 Å². The average molecular weight is 533 g/mol. The molecule has 198 valence electrons. The summed E-state index contributed by atoms with van der Waals surface area (Å²) >= 11 is 0. The van der Waals surface area contributed by atoms with Crippen LogP contribution in [0.15, 0.2) is 140 Å². The molecule has 0 aromatic carbocycles. The van der Waals surface area contributed by atoms with Crippen LogP contribution in [0.3, 0.4) is 0 Å². The topological polar surface area (TPSA) is 141 Å². The molecule has 3 unspecified atom stereocenters. The second kappa shape index (κ2) is 10.2. The smallest absolute Gasteiger partial charge is 0.352 e. The first-order chi connectivity index (χ1) is 19.4. The Morgan fingerprint density at radius 1 is 0.525 bits per heavy atom. The molecule has 3 aliphatic heterocycles. The lowest BCUT2D eigenvalue weighted by atomic mass is 9.97. The Hall–Kier alpha value is -4.59. The minimum atomic E-state index is -1.45. The van der Waals surface area contributed by atoms with E-state index in [0.29, 0.717) is 33.8 Å². The predicted octanol–water partition coefficient (Wildman–Crippen LogP) is 5.87. The standard InChI is InChI=1S/C27H24BN9O3/c1-19-13-25(35-32-19,22-7-4-10-29-16-22)38-28(39-26(14-20(2)33-36-26)23-8-5-11-30-17-23)40-27(15-21(3)34-37-27)24-9-6-12-31-18-24/h4-18H,1-3H3. The van der Waals surface area contributed by atoms with E-state index in [2.05, 4.69) is 45.6 Å². The highest BCUT2D eigenvalue weighted by Gasteiger charge is 2.51. The number of hydrogen-bond donors (Lipinski definition) is 0. The average Bonchev–Trinajstić information content (AvgIpc) is 3.68. The molecule has 0 aliphatic carbocycles. The van der Waals surface area contributed by atoms with Gasteiger partial charge in [0.05, 0.1) is 17.1 Å². The molecule has 0 saturated heterocycles. The quantitative estimate of drug-likeness (QED) is 0.315. The summed E-state index contributed by atoms with van der Waals surface area (Å²) in [5.41, 5.74) is -0.388. The molecule has 3 aromatic heterocycles. The molecule has 0 radical (unpaired) electrons. The first kappa shape index (κ1) is 25.7. The number of pyridine rings is 3. The van der Waals surface area contributed by atoms with E-state index in [1.54, 1.807) is 73.6 Å². The molecule has 0 saturated carbocycles. The van der Waals surface area contributed by atoms with Gasteiger partial charge in [-0.05, 0) is 57.2 Å². The van der Waals surface area contributed by atoms with Crippen LogP contribution in [0.5, 0.6) is 0 Å². The highest BCUT2D eigenvalue weighted by molar-refractivity contribution is 6.37. The van der Waals surface area contributed by atoms with Crippen LogP contribution < -0.4 is 0 Å². The summed E-state index contributed by atoms with van der Waals surface area (Å²) in [6, 6.07) is 10.9. The van der Waals surface area contributed by atoms with Crippen LogP contribution >= 0.6 is 0 Å². The van der Waals surface area contributed by atoms with Crippen molar-refractivity contribution in [2.24, 2.45) is 30.7 Å². The van der Waals surface area contributed by atoms with Crippen molar-refractivity contribution in [3.8, 4) is 0 Å². The fourth-order valence-corrected chi connectivity index (χ4v) is 4.52. The first-order valence-corrected chi connectivity index (χ1v) is 12.5. The monoisotopic (exact) mass is 533 g/mol. The third-order valence-corrected chi connectivity index (χ3v) is 6.34. The molecular formula is C27H24BN9O3. The number of nitrogens with zero attached hydrogens (tertiary/aromatic N) is 9. The predicted molar refractivity (Wildman–Crippen MR) is 143 cm³/mol. The SMILES string of the molecule is CC1=CC(OB(OC2(c3cccnc3)C=C(C)N=N2)OC2(c3cccnc3)C=C(C)N=N2)(c2cccnc2)N=N1. The summed E-state index contributed by atoms with van der Waals surface area (Å²) < 4.78 is 19.9. The molecule has 3 aromatic rings. The lowest BCUT2D eigenvalue weighted by Gasteiger charge is -2.34. The van der Waals surface area contributed by atoms with E-state index in [1.807, 2.05) is 39.0 Å². The normalized spacial score (nSPS) is 26.6. The molecule has 0 fully saturated rings. The fourth-order valence-electron chi connectivity index (χ4n) is 4.52. The van der Waals surface area contributed by atoms with Crippen LogP contribution in [0.25, 0.3) is 0 Å². The summed E-state index contributed by atoms with van der Waals surface area (Å²) in [5, 5.41) is 26.2. The van der Waals surface area contributed by atoms with Gasteiger partial charge in [0.2, 0.25) is 17.2 Å². The van der Waals surface area contributed by atoms with Gasteiger partial charge < -0.3 is 14.0 Å². The van der Waals surface area contributed by atoms with E-state index in [-0.39, 0.29) is 0 Å². The van der Waals surface area contributed by atoms with Gasteiger partial charge in [-0.2, -0.15) is 15.3 Å². The summed E-state index contributed by atoms with van der Waals surface area (Å²) in [4.78, 5) is 12.8. The van der Waals surface area contributed by atoms with Gasteiger partial charge >= 0.3 is 7.32 Å². The van der Waals surface area contributed by atoms with Gasteiger partial charge in [-0.1, -0.05) is 18.2 Å². The van der Waals surface area contributed by atoms with Gasteiger partial charge in [-0.3, -0.25) is 15.0 Å². The molecule has 13 heteroatoms. The number of azo groups is 3. The fraction of sp³-hybridized carbons (Fsp3) is 0.222. The number of allylic oxidation sites excluding steroid dienone is 3. The van der Waals surface area contributed by atoms with Crippen LogP contribution in [-0.2, 0) is 31.1 Å². The van der Waals surface area contributed by atoms with E-state index < -0.39 is 24.5 Å². The minimum absolute atomic E-state index is 0.623. The largest absolute Gasteiger partial charge is 0.646 e. The number of aromatic nitrogens is 3. The van der Waals surface area contributed by atoms with Crippen LogP contribution in [-0.4, -0.2) is 22.3 Å². The zero-order valence-electron chi connectivity index (χ0n) is 22.0. The molecule has 6 heterocycles. The van der Waals surface area contributed by atoms with Crippen molar-refractivity contribution in [3.63, 3.8) is 0 Å². The molecule has 12 nitrogen and oxygen atoms in total. The van der Waals surface area contributed by atoms with E-state index >= 15 is 0 Å². The summed E-state index contributed by atoms with van der Waals surface area (Å²) in [7, 11) is -1.45. The van der Waals surface area contributed by atoms with Crippen LogP contribution in [0.2, 0.25) is 0 Å². The Morgan fingerprint density at radius 2 is 0.850 bits per heavy atom. The Kier molecular flexibility index (Phi) is 6.54. The zero-order valence-corrected chi connectivity index (χ0v) is 22.0. The number of rotatable bonds is 9. The van der Waals surface area contributed by atoms with E-state index in [9.17, 15) is 0 Å². The molecule has 6 rings (SSSR count). The van der Waals surface area contributed by atoms with Crippen molar-refractivity contribution in [2.45, 2.75) is 37.9 Å². The van der Waals surface area contributed by atoms with Crippen LogP contribution in [0, 0.1) is 0 Å². The Bertz CT molecular complexity index is 1390. The van der Waals surface area contributed by atoms with Gasteiger partial charge in [0.1, 0.15) is 0 Å². The van der Waals surface area contributed by atoms with Gasteiger partial charge in [0.25, 0.3) is 0 Å². The second-order valence-electron chi connectivity index (χ2n) is 9.41. The maximum Gasteiger partial charge on any atom is 0.646 e. The van der Waals surface area contributed by atoms with Crippen molar-refractivity contribution in [1.82, 2.24) is 15.0 Å². The van der Waals surface area contributed by atoms with Crippen molar-refractivity contribution in [3.05, 3.63) is 126 Å². The third-order valence-electron chi connectivity index (χ3n) is 6.34. The van der Waals surface area contributed by atoms with Crippen LogP contribution in [0.4, 0.5) is 0 Å². The molecule has 0 amide bonds. The lowest BCUT2D eigenvalue weighted by molar-refractivity contribution is -0.0561. The van der Waals surface area contributed by atoms with Gasteiger partial charge in [-0.15, -0.1) is 15.3 Å². The van der Waals surface area contributed by atoms with Gasteiger partial charge in [0.15, 0.2) is 0 Å². The van der Waals surface area contributed by atoms with E-state index in [0.717, 1.165) is 0 Å². The molecular weight excluding hydrogens is 509 g/mol. The van der Waals surface area contributed by atoms with Crippen LogP contribution in [0.1, 0.15) is 37.5 Å². The third kappa shape index (κ3) is 4.81. The van der Waals surface area contributed by atoms with E-state index in [1.165, 1.54) is 0 Å². The lowest BCUT2D eigenvalue weighted by Crippen LogP contribution is -2.46. The van der Waals surface area contributed by atoms with Crippen molar-refractivity contribution in [1.29, 1.82) is 0 Å². The Morgan fingerprint density at radius 3 is 1.07 bits per heavy atom. The summed E-state index contributed by atoms with van der Waals surface area (Å²) in [6.45, 7) is 5.47. The van der Waals surface area contributed by atoms with E-state index in [4.69, 9.17) is 14.0 Å². The maximum absolute atomic E-state index is 6.62. The highest BCUT2D eigenvalue weighted by atomic mass is 16.8. The van der Waals surface area contributed by atoms with Gasteiger partial charge in [-0.25, -0.2) is 0 Å². The van der Waals surface area contributed by atoms with Crippen molar-refractivity contribution in [2.75, 3.05) is 0 Å². The number of hydrogen-bond acceptors (Lipinski definition) is 12. The molecule has 0 N–H and O–H groups in total. The zero-order chi connectivity index (χ0) is 27.6. The maximum atomic E-state index is 6.62. The summed E-state index contributed by atoms with van der Waals surface area (Å²) in [5.74, 6) is 0. The molecule has 3 atom stereocenters. The highest BCUT2D eigenvalue weighted by Crippen LogP contribution is 2.43. The summed E-state index contributed by atoms with van der Waals surface area (Å²) in [6.07, 6.45) is 15.3. The van der Waals surface area contributed by atoms with Crippen molar-refractivity contribution < 1.29 is 14.0 Å². The molecule has 0 spiro atoms. The molecule has 3 aliphatic rings. The first-order valence-electron chi connectivity index (χ1n) is 12.5. The minimum Gasteiger partial charge on any atom is -0.352 e. The molecule has 40 heavy (non-hydrogen) atoms. The Labute approximate surface area is 230 Å². The second-order valence-corrected chi connectivity index (χ2v) is 9.41.